The quantitative estimate of drug-likeness (QED) is 0.863. The molecule has 0 radical (unpaired) electrons. The van der Waals surface area contributed by atoms with E-state index in [9.17, 15) is 9.59 Å². The number of aromatic nitrogens is 2. The zero-order chi connectivity index (χ0) is 13.9. The van der Waals surface area contributed by atoms with Crippen LogP contribution in [0.3, 0.4) is 0 Å². The molecule has 1 aromatic carbocycles. The van der Waals surface area contributed by atoms with E-state index in [1.54, 1.807) is 12.1 Å². The average Bonchev–Trinajstić information content (AvgIpc) is 3.01. The Balaban J connectivity index is 1.79. The molecule has 0 aliphatic carbocycles. The summed E-state index contributed by atoms with van der Waals surface area (Å²) in [6.45, 7) is 0.911. The van der Waals surface area contributed by atoms with Gasteiger partial charge in [0.2, 0.25) is 5.91 Å². The first kappa shape index (κ1) is 12.8. The van der Waals surface area contributed by atoms with Gasteiger partial charge in [0, 0.05) is 12.0 Å². The van der Waals surface area contributed by atoms with Gasteiger partial charge in [-0.3, -0.25) is 9.59 Å². The van der Waals surface area contributed by atoms with Gasteiger partial charge in [0.15, 0.2) is 0 Å². The van der Waals surface area contributed by atoms with Crippen molar-refractivity contribution in [3.8, 4) is 0 Å². The van der Waals surface area contributed by atoms with Crippen LogP contribution in [-0.2, 0) is 16.1 Å². The average molecular weight is 273 g/mol. The highest BCUT2D eigenvalue weighted by atomic mass is 16.5. The largest absolute Gasteiger partial charge is 0.368 e. The molecule has 0 bridgehead atoms. The summed E-state index contributed by atoms with van der Waals surface area (Å²) < 4.78 is 5.32. The van der Waals surface area contributed by atoms with Gasteiger partial charge in [-0.15, -0.1) is 0 Å². The summed E-state index contributed by atoms with van der Waals surface area (Å²) in [6, 6.07) is 7.20. The van der Waals surface area contributed by atoms with Crippen molar-refractivity contribution in [1.29, 1.82) is 0 Å². The number of aromatic amines is 1. The molecule has 1 fully saturated rings. The number of ether oxygens (including phenoxy) is 1. The van der Waals surface area contributed by atoms with Crippen molar-refractivity contribution >= 4 is 16.7 Å². The van der Waals surface area contributed by atoms with Gasteiger partial charge in [-0.2, -0.15) is 5.10 Å². The zero-order valence-electron chi connectivity index (χ0n) is 10.9. The fourth-order valence-corrected chi connectivity index (χ4v) is 2.38. The first-order chi connectivity index (χ1) is 9.75. The molecule has 1 unspecified atom stereocenters. The van der Waals surface area contributed by atoms with Gasteiger partial charge in [0.25, 0.3) is 5.56 Å². The van der Waals surface area contributed by atoms with Crippen LogP contribution in [0.5, 0.6) is 0 Å². The van der Waals surface area contributed by atoms with E-state index in [1.807, 2.05) is 12.1 Å². The topological polar surface area (TPSA) is 84.1 Å². The van der Waals surface area contributed by atoms with E-state index in [0.29, 0.717) is 17.7 Å². The van der Waals surface area contributed by atoms with Crippen molar-refractivity contribution in [1.82, 2.24) is 15.5 Å². The van der Waals surface area contributed by atoms with Crippen molar-refractivity contribution in [2.24, 2.45) is 0 Å². The summed E-state index contributed by atoms with van der Waals surface area (Å²) in [4.78, 5) is 23.5. The molecule has 104 valence electrons. The van der Waals surface area contributed by atoms with E-state index in [4.69, 9.17) is 4.74 Å². The van der Waals surface area contributed by atoms with Crippen molar-refractivity contribution < 1.29 is 9.53 Å². The van der Waals surface area contributed by atoms with E-state index < -0.39 is 0 Å². The van der Waals surface area contributed by atoms with Gasteiger partial charge in [0.1, 0.15) is 6.10 Å². The Bertz CT molecular complexity index is 689. The fraction of sp³-hybridized carbons (Fsp3) is 0.357. The van der Waals surface area contributed by atoms with E-state index in [1.165, 1.54) is 0 Å². The number of rotatable bonds is 3. The summed E-state index contributed by atoms with van der Waals surface area (Å²) in [5.41, 5.74) is 0.418. The molecule has 1 amide bonds. The third-order valence-electron chi connectivity index (χ3n) is 3.43. The number of carbonyl (C=O) groups excluding carboxylic acids is 1. The molecule has 2 heterocycles. The molecule has 1 aromatic heterocycles. The van der Waals surface area contributed by atoms with Crippen LogP contribution < -0.4 is 10.9 Å². The van der Waals surface area contributed by atoms with Gasteiger partial charge >= 0.3 is 0 Å². The van der Waals surface area contributed by atoms with Gasteiger partial charge in [0.05, 0.1) is 17.6 Å². The molecular weight excluding hydrogens is 258 g/mol. The van der Waals surface area contributed by atoms with Gasteiger partial charge in [-0.25, -0.2) is 5.10 Å². The van der Waals surface area contributed by atoms with Crippen LogP contribution in [0.1, 0.15) is 18.5 Å². The Morgan fingerprint density at radius 2 is 2.20 bits per heavy atom. The Morgan fingerprint density at radius 3 is 2.95 bits per heavy atom. The standard InChI is InChI=1S/C14H15N3O3/c18-13-10-5-2-1-4-9(10)11(16-17-13)8-15-14(19)12-6-3-7-20-12/h1-2,4-5,12H,3,6-8H2,(H,15,19)(H,17,18). The highest BCUT2D eigenvalue weighted by Crippen LogP contribution is 2.14. The predicted molar refractivity (Wildman–Crippen MR) is 73.2 cm³/mol. The molecule has 3 rings (SSSR count). The van der Waals surface area contributed by atoms with Crippen molar-refractivity contribution in [2.75, 3.05) is 6.61 Å². The first-order valence-electron chi connectivity index (χ1n) is 6.61. The second kappa shape index (κ2) is 5.42. The van der Waals surface area contributed by atoms with Crippen LogP contribution in [0.15, 0.2) is 29.1 Å². The van der Waals surface area contributed by atoms with Crippen LogP contribution in [0, 0.1) is 0 Å². The molecular formula is C14H15N3O3. The van der Waals surface area contributed by atoms with Crippen molar-refractivity contribution in [3.05, 3.63) is 40.3 Å². The maximum atomic E-state index is 11.9. The highest BCUT2D eigenvalue weighted by molar-refractivity contribution is 5.84. The molecule has 6 heteroatoms. The zero-order valence-corrected chi connectivity index (χ0v) is 10.9. The van der Waals surface area contributed by atoms with Gasteiger partial charge in [-0.1, -0.05) is 18.2 Å². The number of H-pyrrole nitrogens is 1. The lowest BCUT2D eigenvalue weighted by Gasteiger charge is -2.10. The number of hydrogen-bond donors (Lipinski definition) is 2. The Morgan fingerprint density at radius 1 is 1.40 bits per heavy atom. The molecule has 1 atom stereocenters. The Labute approximate surface area is 115 Å². The lowest BCUT2D eigenvalue weighted by Crippen LogP contribution is -2.34. The van der Waals surface area contributed by atoms with Gasteiger partial charge in [-0.05, 0) is 18.9 Å². The number of fused-ring (bicyclic) bond motifs is 1. The molecule has 1 aliphatic rings. The molecule has 2 N–H and O–H groups in total. The molecule has 2 aromatic rings. The maximum absolute atomic E-state index is 11.9. The van der Waals surface area contributed by atoms with E-state index in [2.05, 4.69) is 15.5 Å². The SMILES string of the molecule is O=C(NCc1n[nH]c(=O)c2ccccc12)C1CCCO1. The van der Waals surface area contributed by atoms with Gasteiger partial charge < -0.3 is 10.1 Å². The number of carbonyl (C=O) groups is 1. The lowest BCUT2D eigenvalue weighted by molar-refractivity contribution is -0.130. The van der Waals surface area contributed by atoms with Crippen LogP contribution in [0.25, 0.3) is 10.8 Å². The normalized spacial score (nSPS) is 18.3. The number of hydrogen-bond acceptors (Lipinski definition) is 4. The molecule has 1 saturated heterocycles. The number of amides is 1. The second-order valence-electron chi connectivity index (χ2n) is 4.76. The maximum Gasteiger partial charge on any atom is 0.272 e. The summed E-state index contributed by atoms with van der Waals surface area (Å²) in [6.07, 6.45) is 1.31. The summed E-state index contributed by atoms with van der Waals surface area (Å²) in [5.74, 6) is -0.125. The van der Waals surface area contributed by atoms with Crippen LogP contribution in [0.4, 0.5) is 0 Å². The molecule has 0 spiro atoms. The Hall–Kier alpha value is -2.21. The molecule has 6 nitrogen and oxygen atoms in total. The van der Waals surface area contributed by atoms with Crippen LogP contribution in [-0.4, -0.2) is 28.8 Å². The van der Waals surface area contributed by atoms with Crippen LogP contribution in [0.2, 0.25) is 0 Å². The number of nitrogens with one attached hydrogen (secondary N) is 2. The minimum atomic E-state index is -0.357. The third-order valence-corrected chi connectivity index (χ3v) is 3.43. The summed E-state index contributed by atoms with van der Waals surface area (Å²) >= 11 is 0. The second-order valence-corrected chi connectivity index (χ2v) is 4.76. The van der Waals surface area contributed by atoms with E-state index >= 15 is 0 Å². The van der Waals surface area contributed by atoms with Crippen LogP contribution >= 0.6 is 0 Å². The predicted octanol–water partition coefficient (Wildman–Crippen LogP) is 0.718. The smallest absolute Gasteiger partial charge is 0.272 e. The fourth-order valence-electron chi connectivity index (χ4n) is 2.38. The highest BCUT2D eigenvalue weighted by Gasteiger charge is 2.23. The monoisotopic (exact) mass is 273 g/mol. The van der Waals surface area contributed by atoms with Crippen molar-refractivity contribution in [3.63, 3.8) is 0 Å². The minimum absolute atomic E-state index is 0.125. The third kappa shape index (κ3) is 2.42. The minimum Gasteiger partial charge on any atom is -0.368 e. The lowest BCUT2D eigenvalue weighted by atomic mass is 10.1. The number of nitrogens with zero attached hydrogens (tertiary/aromatic N) is 1. The van der Waals surface area contributed by atoms with E-state index in [0.717, 1.165) is 18.2 Å². The summed E-state index contributed by atoms with van der Waals surface area (Å²) in [5, 5.41) is 10.6. The van der Waals surface area contributed by atoms with Crippen molar-refractivity contribution in [2.45, 2.75) is 25.5 Å². The molecule has 20 heavy (non-hydrogen) atoms. The molecule has 0 saturated carbocycles. The number of benzene rings is 1. The first-order valence-corrected chi connectivity index (χ1v) is 6.61. The Kier molecular flexibility index (Phi) is 3.47. The summed E-state index contributed by atoms with van der Waals surface area (Å²) in [7, 11) is 0. The van der Waals surface area contributed by atoms with E-state index in [-0.39, 0.29) is 24.1 Å². The molecule has 1 aliphatic heterocycles.